The molecule has 1 aliphatic heterocycles. The predicted molar refractivity (Wildman–Crippen MR) is 155 cm³/mol. The quantitative estimate of drug-likeness (QED) is 0.291. The maximum atomic E-state index is 13.0. The summed E-state index contributed by atoms with van der Waals surface area (Å²) in [5, 5.41) is 2.50. The number of carbonyl (C=O) groups is 3. The van der Waals surface area contributed by atoms with Crippen molar-refractivity contribution in [3.63, 3.8) is 0 Å². The molecule has 8 heteroatoms. The Morgan fingerprint density at radius 3 is 2.56 bits per heavy atom. The van der Waals surface area contributed by atoms with Crippen molar-refractivity contribution in [2.75, 3.05) is 25.1 Å². The lowest BCUT2D eigenvalue weighted by Gasteiger charge is -2.17. The number of ether oxygens (including phenoxy) is 2. The molecular formula is C31H32N2O5S. The van der Waals surface area contributed by atoms with Gasteiger partial charge in [0.15, 0.2) is 6.61 Å². The van der Waals surface area contributed by atoms with Crippen LogP contribution < -0.4 is 14.8 Å². The maximum Gasteiger partial charge on any atom is 0.293 e. The van der Waals surface area contributed by atoms with E-state index in [-0.39, 0.29) is 36.8 Å². The van der Waals surface area contributed by atoms with Crippen LogP contribution in [0, 0.1) is 13.8 Å². The summed E-state index contributed by atoms with van der Waals surface area (Å²) in [5.74, 6) is 0.922. The van der Waals surface area contributed by atoms with E-state index in [1.54, 1.807) is 24.3 Å². The molecule has 1 N–H and O–H groups in total. The van der Waals surface area contributed by atoms with Crippen LogP contribution in [0.4, 0.5) is 10.5 Å². The summed E-state index contributed by atoms with van der Waals surface area (Å²) in [4.78, 5) is 39.4. The van der Waals surface area contributed by atoms with Crippen molar-refractivity contribution in [2.24, 2.45) is 0 Å². The number of thioether (sulfide) groups is 1. The first kappa shape index (κ1) is 28.0. The Morgan fingerprint density at radius 2 is 1.79 bits per heavy atom. The van der Waals surface area contributed by atoms with E-state index in [1.807, 2.05) is 62.4 Å². The maximum absolute atomic E-state index is 13.0. The summed E-state index contributed by atoms with van der Waals surface area (Å²) in [6.45, 7) is 8.32. The number of imide groups is 1. The normalized spacial score (nSPS) is 14.3. The molecule has 0 aromatic heterocycles. The van der Waals surface area contributed by atoms with E-state index in [0.29, 0.717) is 22.1 Å². The van der Waals surface area contributed by atoms with Crippen molar-refractivity contribution in [2.45, 2.75) is 33.6 Å². The van der Waals surface area contributed by atoms with Crippen molar-refractivity contribution in [3.05, 3.63) is 93.9 Å². The Kier molecular flexibility index (Phi) is 9.09. The first-order valence-electron chi connectivity index (χ1n) is 12.8. The standard InChI is InChI=1S/C31H32N2O5S/c1-20(2)25-13-12-21(3)16-27(25)37-15-14-33-30(35)28(39-31(33)36)18-23-9-7-10-24(17-23)38-19-29(34)32-26-11-6-5-8-22(26)4/h5-13,16-18,20H,14-15,19H2,1-4H3,(H,32,34)/b28-18-. The molecule has 1 fully saturated rings. The molecule has 0 bridgehead atoms. The van der Waals surface area contributed by atoms with Crippen LogP contribution in [0.1, 0.15) is 42.0 Å². The van der Waals surface area contributed by atoms with Crippen LogP contribution in [-0.4, -0.2) is 41.7 Å². The van der Waals surface area contributed by atoms with E-state index in [0.717, 1.165) is 39.9 Å². The van der Waals surface area contributed by atoms with Crippen LogP contribution in [0.15, 0.2) is 71.6 Å². The molecule has 4 rings (SSSR count). The molecule has 0 aliphatic carbocycles. The molecule has 3 aromatic carbocycles. The molecule has 0 radical (unpaired) electrons. The Morgan fingerprint density at radius 1 is 1.00 bits per heavy atom. The zero-order valence-corrected chi connectivity index (χ0v) is 23.3. The summed E-state index contributed by atoms with van der Waals surface area (Å²) in [6, 6.07) is 20.6. The zero-order valence-electron chi connectivity index (χ0n) is 22.5. The lowest BCUT2D eigenvalue weighted by molar-refractivity contribution is -0.123. The third-order valence-electron chi connectivity index (χ3n) is 6.18. The molecule has 7 nitrogen and oxygen atoms in total. The van der Waals surface area contributed by atoms with Crippen LogP contribution in [-0.2, 0) is 9.59 Å². The highest BCUT2D eigenvalue weighted by atomic mass is 32.2. The highest BCUT2D eigenvalue weighted by Crippen LogP contribution is 2.33. The Hall–Kier alpha value is -4.04. The van der Waals surface area contributed by atoms with E-state index in [2.05, 4.69) is 19.2 Å². The molecule has 1 aliphatic rings. The lowest BCUT2D eigenvalue weighted by Crippen LogP contribution is -2.32. The molecular weight excluding hydrogens is 512 g/mol. The average Bonchev–Trinajstić information content (AvgIpc) is 3.16. The van der Waals surface area contributed by atoms with E-state index >= 15 is 0 Å². The molecule has 0 saturated carbocycles. The number of rotatable bonds is 10. The van der Waals surface area contributed by atoms with Gasteiger partial charge in [-0.3, -0.25) is 19.3 Å². The lowest BCUT2D eigenvalue weighted by atomic mass is 10.0. The predicted octanol–water partition coefficient (Wildman–Crippen LogP) is 6.56. The molecule has 1 heterocycles. The summed E-state index contributed by atoms with van der Waals surface area (Å²) >= 11 is 0.898. The van der Waals surface area contributed by atoms with Gasteiger partial charge >= 0.3 is 0 Å². The SMILES string of the molecule is Cc1ccc(C(C)C)c(OCCN2C(=O)S/C(=C\c3cccc(OCC(=O)Nc4ccccc4C)c3)C2=O)c1. The minimum atomic E-state index is -0.356. The second-order valence-corrected chi connectivity index (χ2v) is 10.6. The smallest absolute Gasteiger partial charge is 0.293 e. The van der Waals surface area contributed by atoms with E-state index in [9.17, 15) is 14.4 Å². The number of nitrogens with zero attached hydrogens (tertiary/aromatic N) is 1. The number of nitrogens with one attached hydrogen (secondary N) is 1. The molecule has 202 valence electrons. The fourth-order valence-electron chi connectivity index (χ4n) is 4.08. The number of carbonyl (C=O) groups excluding carboxylic acids is 3. The third kappa shape index (κ3) is 7.29. The van der Waals surface area contributed by atoms with Crippen LogP contribution >= 0.6 is 11.8 Å². The van der Waals surface area contributed by atoms with E-state index < -0.39 is 0 Å². The number of hydrogen-bond donors (Lipinski definition) is 1. The fraction of sp³-hybridized carbons (Fsp3) is 0.258. The molecule has 39 heavy (non-hydrogen) atoms. The largest absolute Gasteiger partial charge is 0.491 e. The first-order chi connectivity index (χ1) is 18.7. The Bertz CT molecular complexity index is 1420. The number of hydrogen-bond acceptors (Lipinski definition) is 6. The molecule has 0 unspecified atom stereocenters. The third-order valence-corrected chi connectivity index (χ3v) is 7.09. The number of aryl methyl sites for hydroxylation is 2. The molecule has 0 spiro atoms. The van der Waals surface area contributed by atoms with Crippen molar-refractivity contribution < 1.29 is 23.9 Å². The van der Waals surface area contributed by atoms with Crippen molar-refractivity contribution >= 4 is 40.6 Å². The summed E-state index contributed by atoms with van der Waals surface area (Å²) in [7, 11) is 0. The van der Waals surface area contributed by atoms with Crippen molar-refractivity contribution in [1.82, 2.24) is 4.90 Å². The van der Waals surface area contributed by atoms with Crippen LogP contribution in [0.5, 0.6) is 11.5 Å². The van der Waals surface area contributed by atoms with Gasteiger partial charge in [0.1, 0.15) is 18.1 Å². The highest BCUT2D eigenvalue weighted by Gasteiger charge is 2.34. The van der Waals surface area contributed by atoms with Gasteiger partial charge in [0.2, 0.25) is 0 Å². The van der Waals surface area contributed by atoms with E-state index in [1.165, 1.54) is 4.90 Å². The van der Waals surface area contributed by atoms with Gasteiger partial charge < -0.3 is 14.8 Å². The van der Waals surface area contributed by atoms with Gasteiger partial charge in [0.05, 0.1) is 11.4 Å². The van der Waals surface area contributed by atoms with Crippen molar-refractivity contribution in [3.8, 4) is 11.5 Å². The fourth-order valence-corrected chi connectivity index (χ4v) is 4.94. The monoisotopic (exact) mass is 544 g/mol. The van der Waals surface area contributed by atoms with Gasteiger partial charge in [-0.15, -0.1) is 0 Å². The number of anilines is 1. The Balaban J connectivity index is 1.34. The Labute approximate surface area is 233 Å². The topological polar surface area (TPSA) is 84.9 Å². The van der Waals surface area contributed by atoms with Crippen LogP contribution in [0.25, 0.3) is 6.08 Å². The van der Waals surface area contributed by atoms with Crippen LogP contribution in [0.2, 0.25) is 0 Å². The molecule has 3 amide bonds. The van der Waals surface area contributed by atoms with Gasteiger partial charge in [0.25, 0.3) is 17.1 Å². The second-order valence-electron chi connectivity index (χ2n) is 9.60. The molecule has 0 atom stereocenters. The zero-order chi connectivity index (χ0) is 27.9. The van der Waals surface area contributed by atoms with Gasteiger partial charge in [-0.1, -0.05) is 56.3 Å². The van der Waals surface area contributed by atoms with Gasteiger partial charge in [0, 0.05) is 5.69 Å². The number of para-hydroxylation sites is 1. The second kappa shape index (κ2) is 12.7. The minimum Gasteiger partial charge on any atom is -0.491 e. The summed E-state index contributed by atoms with van der Waals surface area (Å²) in [6.07, 6.45) is 1.66. The minimum absolute atomic E-state index is 0.159. The number of benzene rings is 3. The highest BCUT2D eigenvalue weighted by molar-refractivity contribution is 8.18. The average molecular weight is 545 g/mol. The summed E-state index contributed by atoms with van der Waals surface area (Å²) in [5.41, 5.74) is 4.56. The van der Waals surface area contributed by atoms with Crippen LogP contribution in [0.3, 0.4) is 0 Å². The molecule has 1 saturated heterocycles. The number of amides is 3. The first-order valence-corrected chi connectivity index (χ1v) is 13.6. The van der Waals surface area contributed by atoms with Gasteiger partial charge in [-0.05, 0) is 84.1 Å². The van der Waals surface area contributed by atoms with E-state index in [4.69, 9.17) is 9.47 Å². The van der Waals surface area contributed by atoms with Gasteiger partial charge in [-0.2, -0.15) is 0 Å². The molecule has 3 aromatic rings. The summed E-state index contributed by atoms with van der Waals surface area (Å²) < 4.78 is 11.6. The van der Waals surface area contributed by atoms with Gasteiger partial charge in [-0.25, -0.2) is 0 Å². The van der Waals surface area contributed by atoms with Crippen molar-refractivity contribution in [1.29, 1.82) is 0 Å².